The predicted molar refractivity (Wildman–Crippen MR) is 92.9 cm³/mol. The summed E-state index contributed by atoms with van der Waals surface area (Å²) in [6.07, 6.45) is 1.25. The van der Waals surface area contributed by atoms with Crippen molar-refractivity contribution in [3.05, 3.63) is 30.1 Å². The molecular formula is C15H21FN2O3S2. The molecule has 1 atom stereocenters. The minimum absolute atomic E-state index is 0.0824. The number of anilines is 1. The Morgan fingerprint density at radius 2 is 2.22 bits per heavy atom. The third-order valence-corrected chi connectivity index (χ3v) is 5.86. The molecule has 1 saturated heterocycles. The normalized spacial score (nSPS) is 19.5. The van der Waals surface area contributed by atoms with Gasteiger partial charge >= 0.3 is 0 Å². The molecule has 0 bridgehead atoms. The summed E-state index contributed by atoms with van der Waals surface area (Å²) in [5, 5.41) is 3.23. The number of ether oxygens (including phenoxy) is 1. The Hall–Kier alpha value is -1.25. The van der Waals surface area contributed by atoms with E-state index in [1.54, 1.807) is 25.3 Å². The van der Waals surface area contributed by atoms with Crippen LogP contribution in [0.3, 0.4) is 0 Å². The van der Waals surface area contributed by atoms with E-state index >= 15 is 0 Å². The van der Waals surface area contributed by atoms with Crippen molar-refractivity contribution in [2.75, 3.05) is 37.1 Å². The molecule has 5 nitrogen and oxygen atoms in total. The summed E-state index contributed by atoms with van der Waals surface area (Å²) in [6.45, 7) is 1.12. The summed E-state index contributed by atoms with van der Waals surface area (Å²) < 4.78 is 42.3. The van der Waals surface area contributed by atoms with E-state index < -0.39 is 15.7 Å². The quantitative estimate of drug-likeness (QED) is 0.619. The molecule has 1 N–H and O–H groups in total. The van der Waals surface area contributed by atoms with Crippen LogP contribution in [-0.2, 0) is 14.6 Å². The van der Waals surface area contributed by atoms with Gasteiger partial charge in [0.15, 0.2) is 14.9 Å². The molecule has 1 aliphatic heterocycles. The first-order chi connectivity index (χ1) is 10.9. The van der Waals surface area contributed by atoms with Crippen molar-refractivity contribution in [1.82, 2.24) is 4.90 Å². The maximum absolute atomic E-state index is 13.8. The number of methoxy groups -OCH3 is 1. The maximum Gasteiger partial charge on any atom is 0.173 e. The number of nitrogens with zero attached hydrogens (tertiary/aromatic N) is 1. The third kappa shape index (κ3) is 5.12. The molecule has 1 aromatic rings. The topological polar surface area (TPSA) is 58.6 Å². The first-order valence-electron chi connectivity index (χ1n) is 7.44. The van der Waals surface area contributed by atoms with Gasteiger partial charge in [-0.2, -0.15) is 0 Å². The van der Waals surface area contributed by atoms with E-state index in [2.05, 4.69) is 5.32 Å². The summed E-state index contributed by atoms with van der Waals surface area (Å²) in [5.41, 5.74) is 0.287. The smallest absolute Gasteiger partial charge is 0.173 e. The summed E-state index contributed by atoms with van der Waals surface area (Å²) in [6, 6.07) is 6.08. The van der Waals surface area contributed by atoms with Crippen molar-refractivity contribution in [1.29, 1.82) is 0 Å². The number of benzene rings is 1. The number of thiocarbonyl (C=S) groups is 1. The van der Waals surface area contributed by atoms with Crippen LogP contribution >= 0.6 is 12.2 Å². The van der Waals surface area contributed by atoms with Crippen molar-refractivity contribution in [2.45, 2.75) is 18.9 Å². The molecule has 1 heterocycles. The molecule has 1 fully saturated rings. The fraction of sp³-hybridized carbons (Fsp3) is 0.533. The summed E-state index contributed by atoms with van der Waals surface area (Å²) in [4.78, 5) is 1.84. The average molecular weight is 360 g/mol. The van der Waals surface area contributed by atoms with Crippen molar-refractivity contribution in [3.8, 4) is 0 Å². The van der Waals surface area contributed by atoms with Crippen LogP contribution in [0.15, 0.2) is 24.3 Å². The Bertz CT molecular complexity index is 652. The van der Waals surface area contributed by atoms with Crippen molar-refractivity contribution >= 4 is 32.9 Å². The fourth-order valence-corrected chi connectivity index (χ4v) is 4.68. The van der Waals surface area contributed by atoms with Crippen LogP contribution in [0.25, 0.3) is 0 Å². The number of sulfone groups is 1. The highest BCUT2D eigenvalue weighted by atomic mass is 32.2. The van der Waals surface area contributed by atoms with Crippen LogP contribution in [0.4, 0.5) is 10.1 Å². The van der Waals surface area contributed by atoms with Gasteiger partial charge in [0.25, 0.3) is 0 Å². The molecular weight excluding hydrogens is 339 g/mol. The predicted octanol–water partition coefficient (Wildman–Crippen LogP) is 2.05. The molecule has 2 rings (SSSR count). The fourth-order valence-electron chi connectivity index (χ4n) is 2.60. The Morgan fingerprint density at radius 1 is 1.48 bits per heavy atom. The van der Waals surface area contributed by atoms with E-state index in [0.717, 1.165) is 0 Å². The SMILES string of the molecule is COCCCN(C(=S)Nc1ccccc1F)[C@@H]1CCS(=O)(=O)C1. The zero-order valence-electron chi connectivity index (χ0n) is 13.0. The van der Waals surface area contributed by atoms with Gasteiger partial charge in [0.2, 0.25) is 0 Å². The minimum atomic E-state index is -3.02. The molecule has 0 radical (unpaired) electrons. The van der Waals surface area contributed by atoms with E-state index in [1.807, 2.05) is 4.90 Å². The van der Waals surface area contributed by atoms with Gasteiger partial charge in [0.1, 0.15) is 5.82 Å². The van der Waals surface area contributed by atoms with Crippen LogP contribution in [0.5, 0.6) is 0 Å². The number of hydrogen-bond donors (Lipinski definition) is 1. The van der Waals surface area contributed by atoms with Crippen LogP contribution in [-0.4, -0.2) is 56.2 Å². The Labute approximate surface area is 141 Å². The van der Waals surface area contributed by atoms with Crippen molar-refractivity contribution < 1.29 is 17.5 Å². The molecule has 23 heavy (non-hydrogen) atoms. The lowest BCUT2D eigenvalue weighted by molar-refractivity contribution is 0.181. The lowest BCUT2D eigenvalue weighted by Gasteiger charge is -2.31. The van der Waals surface area contributed by atoms with Crippen LogP contribution in [0, 0.1) is 5.82 Å². The summed E-state index contributed by atoms with van der Waals surface area (Å²) in [5.74, 6) is -0.148. The molecule has 0 amide bonds. The number of halogens is 1. The average Bonchev–Trinajstić information content (AvgIpc) is 2.86. The van der Waals surface area contributed by atoms with Gasteiger partial charge < -0.3 is 15.0 Å². The lowest BCUT2D eigenvalue weighted by atomic mass is 10.2. The molecule has 1 aromatic carbocycles. The molecule has 8 heteroatoms. The molecule has 0 aliphatic carbocycles. The second-order valence-electron chi connectivity index (χ2n) is 5.51. The standard InChI is InChI=1S/C15H21FN2O3S2/c1-21-9-4-8-18(12-7-10-23(19,20)11-12)15(22)17-14-6-3-2-5-13(14)16/h2-3,5-6,12H,4,7-11H2,1H3,(H,17,22)/t12-/m1/s1. The van der Waals surface area contributed by atoms with E-state index in [1.165, 1.54) is 6.07 Å². The number of rotatable bonds is 6. The summed E-state index contributed by atoms with van der Waals surface area (Å²) in [7, 11) is -1.41. The highest BCUT2D eigenvalue weighted by Gasteiger charge is 2.33. The van der Waals surface area contributed by atoms with Crippen molar-refractivity contribution in [3.63, 3.8) is 0 Å². The van der Waals surface area contributed by atoms with Gasteiger partial charge in [-0.25, -0.2) is 12.8 Å². The largest absolute Gasteiger partial charge is 0.385 e. The van der Waals surface area contributed by atoms with E-state index in [9.17, 15) is 12.8 Å². The van der Waals surface area contributed by atoms with E-state index in [-0.39, 0.29) is 23.2 Å². The van der Waals surface area contributed by atoms with Crippen LogP contribution < -0.4 is 5.32 Å². The van der Waals surface area contributed by atoms with Gasteiger partial charge in [0, 0.05) is 26.3 Å². The highest BCUT2D eigenvalue weighted by molar-refractivity contribution is 7.91. The maximum atomic E-state index is 13.8. The lowest BCUT2D eigenvalue weighted by Crippen LogP contribution is -2.44. The van der Waals surface area contributed by atoms with E-state index in [4.69, 9.17) is 17.0 Å². The van der Waals surface area contributed by atoms with Crippen LogP contribution in [0.1, 0.15) is 12.8 Å². The van der Waals surface area contributed by atoms with Gasteiger partial charge in [-0.05, 0) is 37.2 Å². The van der Waals surface area contributed by atoms with Gasteiger partial charge in [-0.1, -0.05) is 12.1 Å². The Balaban J connectivity index is 2.09. The second-order valence-corrected chi connectivity index (χ2v) is 8.12. The third-order valence-electron chi connectivity index (χ3n) is 3.77. The molecule has 128 valence electrons. The number of para-hydroxylation sites is 1. The van der Waals surface area contributed by atoms with Crippen molar-refractivity contribution in [2.24, 2.45) is 0 Å². The molecule has 0 saturated carbocycles. The molecule has 0 aromatic heterocycles. The summed E-state index contributed by atoms with van der Waals surface area (Å²) >= 11 is 5.39. The monoisotopic (exact) mass is 360 g/mol. The van der Waals surface area contributed by atoms with Gasteiger partial charge in [-0.3, -0.25) is 0 Å². The first kappa shape index (κ1) is 18.1. The first-order valence-corrected chi connectivity index (χ1v) is 9.67. The zero-order chi connectivity index (χ0) is 16.9. The van der Waals surface area contributed by atoms with Gasteiger partial charge in [0.05, 0.1) is 17.2 Å². The molecule has 0 unspecified atom stereocenters. The molecule has 1 aliphatic rings. The Kier molecular flexibility index (Phi) is 6.32. The zero-order valence-corrected chi connectivity index (χ0v) is 14.6. The highest BCUT2D eigenvalue weighted by Crippen LogP contribution is 2.20. The molecule has 0 spiro atoms. The number of nitrogens with one attached hydrogen (secondary N) is 1. The van der Waals surface area contributed by atoms with Gasteiger partial charge in [-0.15, -0.1) is 0 Å². The second kappa shape index (κ2) is 8.03. The van der Waals surface area contributed by atoms with Crippen LogP contribution in [0.2, 0.25) is 0 Å². The van der Waals surface area contributed by atoms with E-state index in [0.29, 0.717) is 31.1 Å². The Morgan fingerprint density at radius 3 is 2.83 bits per heavy atom. The minimum Gasteiger partial charge on any atom is -0.385 e. The number of hydrogen-bond acceptors (Lipinski definition) is 4.